The number of sulfonamides is 1. The van der Waals surface area contributed by atoms with Crippen LogP contribution in [0, 0.1) is 5.92 Å². The Morgan fingerprint density at radius 3 is 2.48 bits per heavy atom. The van der Waals surface area contributed by atoms with Gasteiger partial charge in [0, 0.05) is 12.3 Å². The molecule has 1 aliphatic rings. The van der Waals surface area contributed by atoms with Gasteiger partial charge in [-0.3, -0.25) is 0 Å². The summed E-state index contributed by atoms with van der Waals surface area (Å²) < 4.78 is 32.1. The molecule has 0 bridgehead atoms. The van der Waals surface area contributed by atoms with Gasteiger partial charge in [-0.25, -0.2) is 18.1 Å². The molecule has 0 radical (unpaired) electrons. The van der Waals surface area contributed by atoms with Gasteiger partial charge in [0.15, 0.2) is 0 Å². The molecule has 0 unspecified atom stereocenters. The topological polar surface area (TPSA) is 88.5 Å². The minimum Gasteiger partial charge on any atom is -0.481 e. The van der Waals surface area contributed by atoms with Crippen molar-refractivity contribution in [3.63, 3.8) is 0 Å². The normalized spacial score (nSPS) is 23.7. The summed E-state index contributed by atoms with van der Waals surface area (Å²) in [7, 11) is -1.86. The molecule has 1 aliphatic carbocycles. The van der Waals surface area contributed by atoms with Crippen molar-refractivity contribution in [2.24, 2.45) is 5.92 Å². The lowest BCUT2D eigenvalue weighted by Crippen LogP contribution is -2.43. The van der Waals surface area contributed by atoms with E-state index in [0.29, 0.717) is 18.7 Å². The number of nitrogens with one attached hydrogen (secondary N) is 1. The number of aromatic nitrogens is 1. The Morgan fingerprint density at radius 2 is 2.05 bits per heavy atom. The highest BCUT2D eigenvalue weighted by molar-refractivity contribution is 7.90. The summed E-state index contributed by atoms with van der Waals surface area (Å²) in [5, 5.41) is 8.99. The molecule has 1 heterocycles. The number of nitrogens with zero attached hydrogens (tertiary/aromatic N) is 1. The molecule has 0 amide bonds. The van der Waals surface area contributed by atoms with Gasteiger partial charge in [-0.1, -0.05) is 6.07 Å². The van der Waals surface area contributed by atoms with Gasteiger partial charge < -0.3 is 9.84 Å². The molecule has 21 heavy (non-hydrogen) atoms. The predicted octanol–water partition coefficient (Wildman–Crippen LogP) is 1.23. The van der Waals surface area contributed by atoms with Crippen LogP contribution in [-0.4, -0.2) is 37.0 Å². The minimum atomic E-state index is -3.39. The lowest BCUT2D eigenvalue weighted by Gasteiger charge is -2.38. The molecular weight excluding hydrogens is 292 g/mol. The maximum Gasteiger partial charge on any atom is 0.214 e. The fourth-order valence-corrected chi connectivity index (χ4v) is 3.30. The molecule has 7 heteroatoms. The monoisotopic (exact) mass is 314 g/mol. The SMILES string of the molecule is COc1ccc([C@H](NS(=O)(=O)C(C)C)C2CC(O)C2)cn1. The largest absolute Gasteiger partial charge is 0.481 e. The van der Waals surface area contributed by atoms with Crippen LogP contribution >= 0.6 is 0 Å². The van der Waals surface area contributed by atoms with Gasteiger partial charge >= 0.3 is 0 Å². The second-order valence-corrected chi connectivity index (χ2v) is 7.98. The zero-order valence-corrected chi connectivity index (χ0v) is 13.3. The first kappa shape index (κ1) is 16.2. The van der Waals surface area contributed by atoms with E-state index in [0.717, 1.165) is 5.56 Å². The van der Waals surface area contributed by atoms with E-state index in [1.54, 1.807) is 26.1 Å². The highest BCUT2D eigenvalue weighted by Crippen LogP contribution is 2.38. The van der Waals surface area contributed by atoms with E-state index >= 15 is 0 Å². The molecule has 2 N–H and O–H groups in total. The minimum absolute atomic E-state index is 0.0868. The van der Waals surface area contributed by atoms with E-state index < -0.39 is 15.3 Å². The van der Waals surface area contributed by atoms with Gasteiger partial charge in [-0.05, 0) is 38.2 Å². The number of ether oxygens (including phenoxy) is 1. The quantitative estimate of drug-likeness (QED) is 0.824. The summed E-state index contributed by atoms with van der Waals surface area (Å²) in [4.78, 5) is 4.13. The average molecular weight is 314 g/mol. The van der Waals surface area contributed by atoms with Crippen LogP contribution in [0.15, 0.2) is 18.3 Å². The number of aliphatic hydroxyl groups excluding tert-OH is 1. The fraction of sp³-hybridized carbons (Fsp3) is 0.643. The summed E-state index contributed by atoms with van der Waals surface area (Å²) in [6, 6.07) is 3.16. The van der Waals surface area contributed by atoms with Crippen LogP contribution in [0.3, 0.4) is 0 Å². The van der Waals surface area contributed by atoms with Gasteiger partial charge in [0.05, 0.1) is 24.5 Å². The van der Waals surface area contributed by atoms with E-state index in [1.807, 2.05) is 6.07 Å². The van der Waals surface area contributed by atoms with Crippen LogP contribution in [0.1, 0.15) is 38.3 Å². The van der Waals surface area contributed by atoms with Gasteiger partial charge in [0.2, 0.25) is 15.9 Å². The molecule has 0 saturated heterocycles. The van der Waals surface area contributed by atoms with Gasteiger partial charge in [0.1, 0.15) is 0 Å². The van der Waals surface area contributed by atoms with Crippen molar-refractivity contribution in [2.45, 2.75) is 44.1 Å². The second kappa shape index (κ2) is 6.29. The average Bonchev–Trinajstić information content (AvgIpc) is 2.42. The molecule has 0 aromatic carbocycles. The zero-order valence-electron chi connectivity index (χ0n) is 12.5. The molecule has 0 spiro atoms. The van der Waals surface area contributed by atoms with Crippen LogP contribution in [0.4, 0.5) is 0 Å². The first-order valence-electron chi connectivity index (χ1n) is 7.02. The summed E-state index contributed by atoms with van der Waals surface area (Å²) in [6.45, 7) is 3.28. The number of aliphatic hydroxyl groups is 1. The Hall–Kier alpha value is -1.18. The maximum atomic E-state index is 12.1. The van der Waals surface area contributed by atoms with Gasteiger partial charge in [-0.15, -0.1) is 0 Å². The molecule has 1 aromatic heterocycles. The standard InChI is InChI=1S/C14H22N2O4S/c1-9(2)21(18,19)16-14(11-6-12(17)7-11)10-4-5-13(20-3)15-8-10/h4-5,8-9,11-12,14,16-17H,6-7H2,1-3H3/t11?,12?,14-/m0/s1. The molecule has 0 aliphatic heterocycles. The fourth-order valence-electron chi connectivity index (χ4n) is 2.35. The summed E-state index contributed by atoms with van der Waals surface area (Å²) in [6.07, 6.45) is 2.47. The molecular formula is C14H22N2O4S. The Labute approximate surface area is 125 Å². The molecule has 2 rings (SSSR count). The van der Waals surface area contributed by atoms with Crippen LogP contribution in [0.2, 0.25) is 0 Å². The third-order valence-electron chi connectivity index (χ3n) is 3.86. The number of hydrogen-bond acceptors (Lipinski definition) is 5. The van der Waals surface area contributed by atoms with Crippen LogP contribution in [0.5, 0.6) is 5.88 Å². The van der Waals surface area contributed by atoms with Crippen molar-refractivity contribution in [3.8, 4) is 5.88 Å². The maximum absolute atomic E-state index is 12.1. The Bertz CT molecular complexity index is 565. The predicted molar refractivity (Wildman–Crippen MR) is 79.5 cm³/mol. The summed E-state index contributed by atoms with van der Waals surface area (Å²) >= 11 is 0. The smallest absolute Gasteiger partial charge is 0.214 e. The zero-order chi connectivity index (χ0) is 15.6. The molecule has 6 nitrogen and oxygen atoms in total. The Morgan fingerprint density at radius 1 is 1.38 bits per heavy atom. The van der Waals surface area contributed by atoms with E-state index in [2.05, 4.69) is 9.71 Å². The summed E-state index contributed by atoms with van der Waals surface area (Å²) in [5.74, 6) is 0.571. The highest BCUT2D eigenvalue weighted by Gasteiger charge is 2.37. The lowest BCUT2D eigenvalue weighted by molar-refractivity contribution is 0.0279. The van der Waals surface area contributed by atoms with E-state index in [9.17, 15) is 13.5 Å². The van der Waals surface area contributed by atoms with Crippen molar-refractivity contribution in [2.75, 3.05) is 7.11 Å². The first-order chi connectivity index (χ1) is 9.83. The molecule has 1 saturated carbocycles. The van der Waals surface area contributed by atoms with Crippen molar-refractivity contribution in [1.82, 2.24) is 9.71 Å². The van der Waals surface area contributed by atoms with E-state index in [1.165, 1.54) is 7.11 Å². The van der Waals surface area contributed by atoms with Crippen LogP contribution in [0.25, 0.3) is 0 Å². The van der Waals surface area contributed by atoms with Crippen molar-refractivity contribution >= 4 is 10.0 Å². The Balaban J connectivity index is 2.23. The molecule has 118 valence electrons. The molecule has 1 atom stereocenters. The molecule has 1 aromatic rings. The summed E-state index contributed by atoms with van der Waals surface area (Å²) in [5.41, 5.74) is 0.789. The third-order valence-corrected chi connectivity index (χ3v) is 5.68. The van der Waals surface area contributed by atoms with Gasteiger partial charge in [-0.2, -0.15) is 0 Å². The molecule has 1 fully saturated rings. The number of hydrogen-bond donors (Lipinski definition) is 2. The van der Waals surface area contributed by atoms with Crippen molar-refractivity contribution in [1.29, 1.82) is 0 Å². The van der Waals surface area contributed by atoms with E-state index in [4.69, 9.17) is 4.74 Å². The van der Waals surface area contributed by atoms with Gasteiger partial charge in [0.25, 0.3) is 0 Å². The van der Waals surface area contributed by atoms with Crippen LogP contribution in [-0.2, 0) is 10.0 Å². The van der Waals surface area contributed by atoms with E-state index in [-0.39, 0.29) is 18.1 Å². The highest BCUT2D eigenvalue weighted by atomic mass is 32.2. The first-order valence-corrected chi connectivity index (χ1v) is 8.57. The number of pyridine rings is 1. The third kappa shape index (κ3) is 3.72. The Kier molecular flexibility index (Phi) is 4.85. The lowest BCUT2D eigenvalue weighted by atomic mass is 9.76. The van der Waals surface area contributed by atoms with Crippen molar-refractivity contribution < 1.29 is 18.3 Å². The van der Waals surface area contributed by atoms with Crippen molar-refractivity contribution in [3.05, 3.63) is 23.9 Å². The number of methoxy groups -OCH3 is 1. The van der Waals surface area contributed by atoms with Crippen LogP contribution < -0.4 is 9.46 Å². The number of rotatable bonds is 6. The second-order valence-electron chi connectivity index (χ2n) is 5.71.